The number of hydrogen-bond donors (Lipinski definition) is 0. The Bertz CT molecular complexity index is 532. The van der Waals surface area contributed by atoms with Gasteiger partial charge in [0.25, 0.3) is 0 Å². The predicted molar refractivity (Wildman–Crippen MR) is 72.6 cm³/mol. The summed E-state index contributed by atoms with van der Waals surface area (Å²) in [6, 6.07) is 7.24. The molecule has 0 saturated heterocycles. The maximum absolute atomic E-state index is 5.97. The van der Waals surface area contributed by atoms with Crippen molar-refractivity contribution in [1.82, 2.24) is 10.2 Å². The Morgan fingerprint density at radius 1 is 1.11 bits per heavy atom. The van der Waals surface area contributed by atoms with Gasteiger partial charge >= 0.3 is 0 Å². The molecular formula is C13H12Cl2N2O. The molecule has 94 valence electrons. The average molecular weight is 283 g/mol. The van der Waals surface area contributed by atoms with E-state index in [0.717, 1.165) is 16.9 Å². The summed E-state index contributed by atoms with van der Waals surface area (Å²) in [5, 5.41) is 8.59. The molecule has 0 saturated carbocycles. The van der Waals surface area contributed by atoms with Crippen molar-refractivity contribution < 1.29 is 4.74 Å². The molecule has 18 heavy (non-hydrogen) atoms. The molecule has 0 aliphatic carbocycles. The Labute approximate surface area is 116 Å². The number of alkyl halides is 1. The van der Waals surface area contributed by atoms with Crippen LogP contribution < -0.4 is 4.74 Å². The van der Waals surface area contributed by atoms with Crippen molar-refractivity contribution >= 4 is 23.2 Å². The fourth-order valence-corrected chi connectivity index (χ4v) is 2.11. The lowest BCUT2D eigenvalue weighted by molar-refractivity contribution is 0.447. The molecule has 0 spiro atoms. The maximum atomic E-state index is 5.97. The van der Waals surface area contributed by atoms with Crippen LogP contribution >= 0.6 is 23.2 Å². The Hall–Kier alpha value is -1.32. The summed E-state index contributed by atoms with van der Waals surface area (Å²) in [7, 11) is 0. The molecule has 0 fully saturated rings. The summed E-state index contributed by atoms with van der Waals surface area (Å²) in [6.07, 6.45) is 0. The fourth-order valence-electron chi connectivity index (χ4n) is 1.64. The van der Waals surface area contributed by atoms with Crippen molar-refractivity contribution in [3.8, 4) is 11.6 Å². The van der Waals surface area contributed by atoms with Gasteiger partial charge in [0.05, 0.1) is 11.6 Å². The third-order valence-electron chi connectivity index (χ3n) is 2.46. The molecule has 2 rings (SSSR count). The van der Waals surface area contributed by atoms with Crippen molar-refractivity contribution in [3.63, 3.8) is 0 Å². The minimum Gasteiger partial charge on any atom is -0.437 e. The first-order valence-electron chi connectivity index (χ1n) is 5.43. The van der Waals surface area contributed by atoms with Crippen LogP contribution in [0.2, 0.25) is 5.02 Å². The highest BCUT2D eigenvalue weighted by atomic mass is 35.5. The Morgan fingerprint density at radius 3 is 2.28 bits per heavy atom. The number of aryl methyl sites for hydroxylation is 2. The van der Waals surface area contributed by atoms with Gasteiger partial charge in [0.2, 0.25) is 5.88 Å². The van der Waals surface area contributed by atoms with Crippen molar-refractivity contribution in [3.05, 3.63) is 46.1 Å². The van der Waals surface area contributed by atoms with Crippen LogP contribution in [0.4, 0.5) is 0 Å². The molecule has 0 aliphatic heterocycles. The van der Waals surface area contributed by atoms with Gasteiger partial charge in [0.15, 0.2) is 0 Å². The van der Waals surface area contributed by atoms with E-state index in [1.54, 1.807) is 12.1 Å². The molecule has 0 aliphatic rings. The lowest BCUT2D eigenvalue weighted by Gasteiger charge is -2.11. The van der Waals surface area contributed by atoms with Gasteiger partial charge < -0.3 is 4.74 Å². The third-order valence-corrected chi connectivity index (χ3v) is 2.96. The summed E-state index contributed by atoms with van der Waals surface area (Å²) in [6.45, 7) is 3.88. The number of benzene rings is 1. The summed E-state index contributed by atoms with van der Waals surface area (Å²) in [5.41, 5.74) is 2.64. The quantitative estimate of drug-likeness (QED) is 0.789. The first kappa shape index (κ1) is 13.1. The maximum Gasteiger partial charge on any atom is 0.238 e. The van der Waals surface area contributed by atoms with E-state index in [2.05, 4.69) is 10.2 Å². The van der Waals surface area contributed by atoms with E-state index in [1.807, 2.05) is 26.0 Å². The fraction of sp³-hybridized carbons (Fsp3) is 0.231. The molecular weight excluding hydrogens is 271 g/mol. The predicted octanol–water partition coefficient (Wildman–Crippen LogP) is 4.28. The molecule has 1 aromatic carbocycles. The van der Waals surface area contributed by atoms with Crippen LogP contribution in [0.3, 0.4) is 0 Å². The summed E-state index contributed by atoms with van der Waals surface area (Å²) >= 11 is 11.6. The van der Waals surface area contributed by atoms with E-state index >= 15 is 0 Å². The Balaban J connectivity index is 2.28. The van der Waals surface area contributed by atoms with Crippen LogP contribution in [0, 0.1) is 13.8 Å². The summed E-state index contributed by atoms with van der Waals surface area (Å²) in [5.74, 6) is 1.54. The standard InChI is InChI=1S/C13H12Cl2N2O/c1-8-5-10(15)6-9(2)13(8)18-12-4-3-11(7-14)16-17-12/h3-6H,7H2,1-2H3. The SMILES string of the molecule is Cc1cc(Cl)cc(C)c1Oc1ccc(CCl)nn1. The monoisotopic (exact) mass is 282 g/mol. The van der Waals surface area contributed by atoms with Crippen molar-refractivity contribution in [1.29, 1.82) is 0 Å². The zero-order chi connectivity index (χ0) is 13.1. The molecule has 3 nitrogen and oxygen atoms in total. The molecule has 0 N–H and O–H groups in total. The van der Waals surface area contributed by atoms with Crippen molar-refractivity contribution in [2.45, 2.75) is 19.7 Å². The molecule has 1 heterocycles. The van der Waals surface area contributed by atoms with E-state index in [4.69, 9.17) is 27.9 Å². The highest BCUT2D eigenvalue weighted by molar-refractivity contribution is 6.30. The number of nitrogens with zero attached hydrogens (tertiary/aromatic N) is 2. The zero-order valence-corrected chi connectivity index (χ0v) is 11.6. The number of ether oxygens (including phenoxy) is 1. The molecule has 5 heteroatoms. The number of rotatable bonds is 3. The van der Waals surface area contributed by atoms with Gasteiger partial charge in [-0.15, -0.1) is 16.7 Å². The van der Waals surface area contributed by atoms with Gasteiger partial charge in [-0.25, -0.2) is 0 Å². The van der Waals surface area contributed by atoms with Crippen molar-refractivity contribution in [2.24, 2.45) is 0 Å². The van der Waals surface area contributed by atoms with Crippen LogP contribution in [0.25, 0.3) is 0 Å². The Kier molecular flexibility index (Phi) is 4.04. The lowest BCUT2D eigenvalue weighted by Crippen LogP contribution is -1.96. The van der Waals surface area contributed by atoms with E-state index in [1.165, 1.54) is 0 Å². The smallest absolute Gasteiger partial charge is 0.238 e. The highest BCUT2D eigenvalue weighted by Crippen LogP contribution is 2.30. The van der Waals surface area contributed by atoms with Crippen LogP contribution in [0.15, 0.2) is 24.3 Å². The first-order valence-corrected chi connectivity index (χ1v) is 6.34. The molecule has 0 bridgehead atoms. The van der Waals surface area contributed by atoms with Crippen LogP contribution in [0.1, 0.15) is 16.8 Å². The topological polar surface area (TPSA) is 35.0 Å². The van der Waals surface area contributed by atoms with Gasteiger partial charge in [0.1, 0.15) is 5.75 Å². The number of halogens is 2. The van der Waals surface area contributed by atoms with Gasteiger partial charge in [-0.2, -0.15) is 5.10 Å². The number of hydrogen-bond acceptors (Lipinski definition) is 3. The third kappa shape index (κ3) is 2.92. The second-order valence-electron chi connectivity index (χ2n) is 3.97. The van der Waals surface area contributed by atoms with E-state index < -0.39 is 0 Å². The van der Waals surface area contributed by atoms with E-state index in [0.29, 0.717) is 22.5 Å². The van der Waals surface area contributed by atoms with Gasteiger partial charge in [0, 0.05) is 11.1 Å². The number of aromatic nitrogens is 2. The van der Waals surface area contributed by atoms with Crippen molar-refractivity contribution in [2.75, 3.05) is 0 Å². The molecule has 0 unspecified atom stereocenters. The molecule has 0 atom stereocenters. The highest BCUT2D eigenvalue weighted by Gasteiger charge is 2.08. The van der Waals surface area contributed by atoms with E-state index in [-0.39, 0.29) is 0 Å². The minimum absolute atomic E-state index is 0.340. The summed E-state index contributed by atoms with van der Waals surface area (Å²) < 4.78 is 5.72. The largest absolute Gasteiger partial charge is 0.437 e. The minimum atomic E-state index is 0.340. The Morgan fingerprint density at radius 2 is 1.78 bits per heavy atom. The first-order chi connectivity index (χ1) is 8.60. The summed E-state index contributed by atoms with van der Waals surface area (Å²) in [4.78, 5) is 0. The van der Waals surface area contributed by atoms with Crippen LogP contribution in [0.5, 0.6) is 11.6 Å². The molecule has 1 aromatic heterocycles. The molecule has 0 amide bonds. The van der Waals surface area contributed by atoms with Gasteiger partial charge in [-0.05, 0) is 43.2 Å². The average Bonchev–Trinajstić information content (AvgIpc) is 2.34. The normalized spacial score (nSPS) is 10.4. The van der Waals surface area contributed by atoms with E-state index in [9.17, 15) is 0 Å². The second kappa shape index (κ2) is 5.55. The molecule has 2 aromatic rings. The lowest BCUT2D eigenvalue weighted by atomic mass is 10.1. The second-order valence-corrected chi connectivity index (χ2v) is 4.67. The van der Waals surface area contributed by atoms with Crippen LogP contribution in [-0.4, -0.2) is 10.2 Å². The van der Waals surface area contributed by atoms with Crippen LogP contribution in [-0.2, 0) is 5.88 Å². The zero-order valence-electron chi connectivity index (χ0n) is 10.1. The molecule has 0 radical (unpaired) electrons. The van der Waals surface area contributed by atoms with Gasteiger partial charge in [-0.1, -0.05) is 11.6 Å². The van der Waals surface area contributed by atoms with Gasteiger partial charge in [-0.3, -0.25) is 0 Å².